The lowest BCUT2D eigenvalue weighted by Crippen LogP contribution is -2.00. The van der Waals surface area contributed by atoms with Gasteiger partial charge in [0.05, 0.1) is 6.10 Å². The van der Waals surface area contributed by atoms with E-state index < -0.39 is 6.10 Å². The van der Waals surface area contributed by atoms with Crippen molar-refractivity contribution in [1.29, 1.82) is 0 Å². The van der Waals surface area contributed by atoms with Gasteiger partial charge in [0.15, 0.2) is 0 Å². The summed E-state index contributed by atoms with van der Waals surface area (Å²) >= 11 is 3.34. The molecule has 0 aliphatic carbocycles. The maximum atomic E-state index is 13.2. The monoisotopic (exact) mass is 322 g/mol. The number of benzene rings is 2. The lowest BCUT2D eigenvalue weighted by Gasteiger charge is -2.13. The number of hydrogen-bond acceptors (Lipinski definition) is 1. The van der Waals surface area contributed by atoms with Gasteiger partial charge in [-0.15, -0.1) is 0 Å². The van der Waals surface area contributed by atoms with Gasteiger partial charge in [0.1, 0.15) is 5.82 Å². The fraction of sp³-hybridized carbons (Fsp3) is 0.250. The van der Waals surface area contributed by atoms with Crippen molar-refractivity contribution in [2.45, 2.75) is 25.4 Å². The van der Waals surface area contributed by atoms with Gasteiger partial charge in [-0.3, -0.25) is 0 Å². The lowest BCUT2D eigenvalue weighted by atomic mass is 10.0. The van der Waals surface area contributed by atoms with Crippen molar-refractivity contribution in [1.82, 2.24) is 0 Å². The van der Waals surface area contributed by atoms with Crippen molar-refractivity contribution in [3.8, 4) is 0 Å². The minimum atomic E-state index is -0.631. The summed E-state index contributed by atoms with van der Waals surface area (Å²) in [6.07, 6.45) is 1.78. The third kappa shape index (κ3) is 4.15. The van der Waals surface area contributed by atoms with E-state index >= 15 is 0 Å². The first-order chi connectivity index (χ1) is 9.16. The molecule has 1 nitrogen and oxygen atoms in total. The normalized spacial score (nSPS) is 12.4. The van der Waals surface area contributed by atoms with Crippen LogP contribution in [0.5, 0.6) is 0 Å². The van der Waals surface area contributed by atoms with Crippen LogP contribution in [-0.4, -0.2) is 5.11 Å². The van der Waals surface area contributed by atoms with E-state index in [0.717, 1.165) is 17.3 Å². The number of aliphatic hydroxyl groups excluding tert-OH is 1. The Hall–Kier alpha value is -1.19. The van der Waals surface area contributed by atoms with Crippen LogP contribution in [0.3, 0.4) is 0 Å². The van der Waals surface area contributed by atoms with Crippen LogP contribution in [0, 0.1) is 5.82 Å². The van der Waals surface area contributed by atoms with Crippen LogP contribution < -0.4 is 0 Å². The highest BCUT2D eigenvalue weighted by molar-refractivity contribution is 9.10. The molecule has 0 radical (unpaired) electrons. The second-order valence-corrected chi connectivity index (χ2v) is 5.41. The van der Waals surface area contributed by atoms with E-state index in [1.807, 2.05) is 18.2 Å². The van der Waals surface area contributed by atoms with Gasteiger partial charge in [-0.25, -0.2) is 4.39 Å². The number of rotatable bonds is 5. The maximum absolute atomic E-state index is 13.2. The molecule has 0 amide bonds. The van der Waals surface area contributed by atoms with Crippen LogP contribution in [0.4, 0.5) is 4.39 Å². The van der Waals surface area contributed by atoms with Crippen LogP contribution in [0.25, 0.3) is 0 Å². The van der Waals surface area contributed by atoms with Gasteiger partial charge in [0.25, 0.3) is 0 Å². The van der Waals surface area contributed by atoms with Crippen molar-refractivity contribution in [2.24, 2.45) is 0 Å². The highest BCUT2D eigenvalue weighted by atomic mass is 79.9. The molecule has 0 bridgehead atoms. The van der Waals surface area contributed by atoms with Crippen molar-refractivity contribution >= 4 is 15.9 Å². The van der Waals surface area contributed by atoms with Crippen LogP contribution in [-0.2, 0) is 6.42 Å². The Morgan fingerprint density at radius 1 is 1.11 bits per heavy atom. The summed E-state index contributed by atoms with van der Waals surface area (Å²) in [5.41, 5.74) is 1.88. The topological polar surface area (TPSA) is 20.2 Å². The molecule has 100 valence electrons. The Morgan fingerprint density at radius 3 is 2.58 bits per heavy atom. The largest absolute Gasteiger partial charge is 0.388 e. The van der Waals surface area contributed by atoms with Crippen molar-refractivity contribution < 1.29 is 9.50 Å². The van der Waals surface area contributed by atoms with E-state index in [2.05, 4.69) is 28.1 Å². The average molecular weight is 323 g/mol. The van der Waals surface area contributed by atoms with Crippen molar-refractivity contribution in [2.75, 3.05) is 0 Å². The first-order valence-electron chi connectivity index (χ1n) is 6.34. The standard InChI is InChI=1S/C16H16BrFO/c17-15-10-9-13(18)11-14(15)16(19)8-4-7-12-5-2-1-3-6-12/h1-3,5-6,9-11,16,19H,4,7-8H2. The third-order valence-electron chi connectivity index (χ3n) is 3.10. The van der Waals surface area contributed by atoms with E-state index in [4.69, 9.17) is 0 Å². The molecule has 1 N–H and O–H groups in total. The van der Waals surface area contributed by atoms with Gasteiger partial charge in [0.2, 0.25) is 0 Å². The van der Waals surface area contributed by atoms with Crippen LogP contribution in [0.1, 0.15) is 30.1 Å². The molecular weight excluding hydrogens is 307 g/mol. The highest BCUT2D eigenvalue weighted by Gasteiger charge is 2.12. The van der Waals surface area contributed by atoms with Gasteiger partial charge in [-0.2, -0.15) is 0 Å². The predicted octanol–water partition coefficient (Wildman–Crippen LogP) is 4.64. The van der Waals surface area contributed by atoms with Crippen LogP contribution in [0.15, 0.2) is 53.0 Å². The molecule has 1 unspecified atom stereocenters. The Morgan fingerprint density at radius 2 is 1.84 bits per heavy atom. The molecule has 2 aromatic carbocycles. The van der Waals surface area contributed by atoms with E-state index in [9.17, 15) is 9.50 Å². The quantitative estimate of drug-likeness (QED) is 0.849. The molecule has 0 aromatic heterocycles. The first-order valence-corrected chi connectivity index (χ1v) is 7.13. The third-order valence-corrected chi connectivity index (χ3v) is 3.83. The zero-order valence-electron chi connectivity index (χ0n) is 10.5. The molecule has 0 spiro atoms. The van der Waals surface area contributed by atoms with Gasteiger partial charge in [-0.1, -0.05) is 46.3 Å². The number of hydrogen-bond donors (Lipinski definition) is 1. The number of halogens is 2. The van der Waals surface area contributed by atoms with Gasteiger partial charge in [0, 0.05) is 4.47 Å². The molecule has 2 rings (SSSR count). The molecule has 0 heterocycles. The molecule has 2 aromatic rings. The summed E-state index contributed by atoms with van der Waals surface area (Å²) in [6, 6.07) is 14.5. The van der Waals surface area contributed by atoms with Crippen LogP contribution >= 0.6 is 15.9 Å². The number of aliphatic hydroxyl groups is 1. The molecule has 19 heavy (non-hydrogen) atoms. The lowest BCUT2D eigenvalue weighted by molar-refractivity contribution is 0.163. The van der Waals surface area contributed by atoms with Gasteiger partial charge >= 0.3 is 0 Å². The van der Waals surface area contributed by atoms with Crippen molar-refractivity contribution in [3.05, 3.63) is 69.9 Å². The summed E-state index contributed by atoms with van der Waals surface area (Å²) in [4.78, 5) is 0. The SMILES string of the molecule is OC(CCCc1ccccc1)c1cc(F)ccc1Br. The minimum absolute atomic E-state index is 0.319. The zero-order chi connectivity index (χ0) is 13.7. The summed E-state index contributed by atoms with van der Waals surface area (Å²) in [6.45, 7) is 0. The van der Waals surface area contributed by atoms with Gasteiger partial charge < -0.3 is 5.11 Å². The van der Waals surface area contributed by atoms with E-state index in [-0.39, 0.29) is 5.82 Å². The minimum Gasteiger partial charge on any atom is -0.388 e. The van der Waals surface area contributed by atoms with E-state index in [1.54, 1.807) is 6.07 Å². The summed E-state index contributed by atoms with van der Waals surface area (Å²) < 4.78 is 13.9. The second kappa shape index (κ2) is 6.83. The van der Waals surface area contributed by atoms with Gasteiger partial charge in [-0.05, 0) is 48.6 Å². The number of aryl methyl sites for hydroxylation is 1. The first kappa shape index (κ1) is 14.2. The summed E-state index contributed by atoms with van der Waals surface area (Å²) in [7, 11) is 0. The summed E-state index contributed by atoms with van der Waals surface area (Å²) in [5, 5.41) is 10.1. The predicted molar refractivity (Wildman–Crippen MR) is 78.4 cm³/mol. The molecule has 0 saturated carbocycles. The molecule has 0 aliphatic heterocycles. The maximum Gasteiger partial charge on any atom is 0.123 e. The molecule has 0 saturated heterocycles. The molecule has 1 atom stereocenters. The second-order valence-electron chi connectivity index (χ2n) is 4.56. The Bertz CT molecular complexity index is 528. The zero-order valence-corrected chi connectivity index (χ0v) is 12.1. The average Bonchev–Trinajstić information content (AvgIpc) is 2.42. The molecule has 3 heteroatoms. The Kier molecular flexibility index (Phi) is 5.11. The summed E-state index contributed by atoms with van der Waals surface area (Å²) in [5.74, 6) is -0.319. The molecule has 0 aliphatic rings. The van der Waals surface area contributed by atoms with E-state index in [0.29, 0.717) is 12.0 Å². The fourth-order valence-electron chi connectivity index (χ4n) is 2.07. The van der Waals surface area contributed by atoms with Crippen LogP contribution in [0.2, 0.25) is 0 Å². The van der Waals surface area contributed by atoms with Crippen molar-refractivity contribution in [3.63, 3.8) is 0 Å². The fourth-order valence-corrected chi connectivity index (χ4v) is 2.58. The highest BCUT2D eigenvalue weighted by Crippen LogP contribution is 2.27. The smallest absolute Gasteiger partial charge is 0.123 e. The molecular formula is C16H16BrFO. The molecule has 0 fully saturated rings. The Labute approximate surface area is 121 Å². The van der Waals surface area contributed by atoms with E-state index in [1.165, 1.54) is 17.7 Å². The Balaban J connectivity index is 1.91.